The summed E-state index contributed by atoms with van der Waals surface area (Å²) < 4.78 is 5.17. The summed E-state index contributed by atoms with van der Waals surface area (Å²) in [4.78, 5) is 7.79. The Labute approximate surface area is 123 Å². The number of hydrogen-bond donors (Lipinski definition) is 2. The first kappa shape index (κ1) is 13.4. The molecule has 0 saturated carbocycles. The van der Waals surface area contributed by atoms with E-state index in [0.717, 1.165) is 34.0 Å². The zero-order chi connectivity index (χ0) is 14.7. The number of ether oxygens (including phenoxy) is 1. The molecule has 0 aliphatic carbocycles. The number of H-pyrrole nitrogens is 1. The fourth-order valence-corrected chi connectivity index (χ4v) is 2.23. The molecular weight excluding hydrogens is 262 g/mol. The number of nitrogens with zero attached hydrogens (tertiary/aromatic N) is 1. The molecule has 0 fully saturated rings. The van der Waals surface area contributed by atoms with Crippen molar-refractivity contribution in [3.63, 3.8) is 0 Å². The van der Waals surface area contributed by atoms with Crippen molar-refractivity contribution in [3.05, 3.63) is 60.3 Å². The highest BCUT2D eigenvalue weighted by Gasteiger charge is 2.06. The quantitative estimate of drug-likeness (QED) is 0.770. The van der Waals surface area contributed by atoms with Gasteiger partial charge >= 0.3 is 0 Å². The van der Waals surface area contributed by atoms with Gasteiger partial charge in [-0.3, -0.25) is 0 Å². The molecule has 0 amide bonds. The molecule has 0 saturated heterocycles. The standard InChI is InChI=1S/C17H17N3O/c1-21-15-7-5-13(6-8-15)16-11-19-17(20-16)14-4-2-3-12(9-14)10-18/h2-9,11H,10,18H2,1H3,(H,19,20). The largest absolute Gasteiger partial charge is 0.497 e. The molecule has 0 bridgehead atoms. The van der Waals surface area contributed by atoms with Gasteiger partial charge in [-0.1, -0.05) is 18.2 Å². The summed E-state index contributed by atoms with van der Waals surface area (Å²) in [6, 6.07) is 16.0. The summed E-state index contributed by atoms with van der Waals surface area (Å²) in [6.07, 6.45) is 1.84. The number of nitrogens with two attached hydrogens (primary N) is 1. The van der Waals surface area contributed by atoms with Gasteiger partial charge in [-0.15, -0.1) is 0 Å². The highest BCUT2D eigenvalue weighted by Crippen LogP contribution is 2.24. The van der Waals surface area contributed by atoms with Gasteiger partial charge in [-0.05, 0) is 41.5 Å². The van der Waals surface area contributed by atoms with E-state index in [1.807, 2.05) is 48.7 Å². The summed E-state index contributed by atoms with van der Waals surface area (Å²) >= 11 is 0. The van der Waals surface area contributed by atoms with Crippen LogP contribution in [0.4, 0.5) is 0 Å². The maximum absolute atomic E-state index is 5.68. The Kier molecular flexibility index (Phi) is 3.71. The third-order valence-corrected chi connectivity index (χ3v) is 3.41. The molecule has 3 aromatic rings. The van der Waals surface area contributed by atoms with Crippen molar-refractivity contribution < 1.29 is 4.74 Å². The van der Waals surface area contributed by atoms with E-state index in [1.54, 1.807) is 7.11 Å². The summed E-state index contributed by atoms with van der Waals surface area (Å²) in [6.45, 7) is 0.528. The lowest BCUT2D eigenvalue weighted by Gasteiger charge is -2.02. The second kappa shape index (κ2) is 5.81. The van der Waals surface area contributed by atoms with Gasteiger partial charge in [-0.2, -0.15) is 0 Å². The first-order valence-corrected chi connectivity index (χ1v) is 6.79. The van der Waals surface area contributed by atoms with Gasteiger partial charge in [0, 0.05) is 12.1 Å². The van der Waals surface area contributed by atoms with E-state index in [9.17, 15) is 0 Å². The molecule has 0 spiro atoms. The number of hydrogen-bond acceptors (Lipinski definition) is 3. The van der Waals surface area contributed by atoms with Crippen molar-refractivity contribution >= 4 is 0 Å². The number of aromatic nitrogens is 2. The van der Waals surface area contributed by atoms with Gasteiger partial charge in [0.2, 0.25) is 0 Å². The summed E-state index contributed by atoms with van der Waals surface area (Å²) in [5, 5.41) is 0. The Morgan fingerprint density at radius 3 is 2.62 bits per heavy atom. The van der Waals surface area contributed by atoms with E-state index in [1.165, 1.54) is 0 Å². The lowest BCUT2D eigenvalue weighted by molar-refractivity contribution is 0.415. The lowest BCUT2D eigenvalue weighted by Crippen LogP contribution is -1.96. The van der Waals surface area contributed by atoms with Crippen LogP contribution in [0.15, 0.2) is 54.7 Å². The highest BCUT2D eigenvalue weighted by atomic mass is 16.5. The topological polar surface area (TPSA) is 63.9 Å². The zero-order valence-electron chi connectivity index (χ0n) is 11.8. The molecular formula is C17H17N3O. The van der Waals surface area contributed by atoms with Crippen molar-refractivity contribution in [2.75, 3.05) is 7.11 Å². The normalized spacial score (nSPS) is 10.6. The van der Waals surface area contributed by atoms with E-state index in [-0.39, 0.29) is 0 Å². The second-order valence-electron chi connectivity index (χ2n) is 4.78. The molecule has 4 heteroatoms. The monoisotopic (exact) mass is 279 g/mol. The minimum absolute atomic E-state index is 0.528. The molecule has 0 unspecified atom stereocenters. The maximum atomic E-state index is 5.68. The van der Waals surface area contributed by atoms with Gasteiger partial charge in [0.05, 0.1) is 19.0 Å². The van der Waals surface area contributed by atoms with E-state index in [0.29, 0.717) is 6.54 Å². The molecule has 0 radical (unpaired) electrons. The van der Waals surface area contributed by atoms with Gasteiger partial charge < -0.3 is 15.5 Å². The Bertz CT molecular complexity index is 732. The predicted molar refractivity (Wildman–Crippen MR) is 83.9 cm³/mol. The number of methoxy groups -OCH3 is 1. The van der Waals surface area contributed by atoms with Crippen molar-refractivity contribution in [1.29, 1.82) is 0 Å². The highest BCUT2D eigenvalue weighted by molar-refractivity contribution is 5.65. The van der Waals surface area contributed by atoms with Crippen LogP contribution < -0.4 is 10.5 Å². The van der Waals surface area contributed by atoms with Crippen molar-refractivity contribution in [1.82, 2.24) is 9.97 Å². The van der Waals surface area contributed by atoms with Crippen LogP contribution in [0.3, 0.4) is 0 Å². The van der Waals surface area contributed by atoms with Crippen LogP contribution in [0.25, 0.3) is 22.6 Å². The molecule has 3 rings (SSSR count). The minimum atomic E-state index is 0.528. The van der Waals surface area contributed by atoms with Crippen LogP contribution in [-0.4, -0.2) is 17.1 Å². The average Bonchev–Trinajstić information content (AvgIpc) is 3.05. The Morgan fingerprint density at radius 2 is 1.90 bits per heavy atom. The molecule has 3 N–H and O–H groups in total. The minimum Gasteiger partial charge on any atom is -0.497 e. The third-order valence-electron chi connectivity index (χ3n) is 3.41. The molecule has 21 heavy (non-hydrogen) atoms. The summed E-state index contributed by atoms with van der Waals surface area (Å²) in [5.74, 6) is 1.69. The van der Waals surface area contributed by atoms with Gasteiger partial charge in [0.25, 0.3) is 0 Å². The van der Waals surface area contributed by atoms with Crippen LogP contribution in [0, 0.1) is 0 Å². The molecule has 0 aliphatic rings. The smallest absolute Gasteiger partial charge is 0.137 e. The molecule has 0 aliphatic heterocycles. The fraction of sp³-hybridized carbons (Fsp3) is 0.118. The number of benzene rings is 2. The summed E-state index contributed by atoms with van der Waals surface area (Å²) in [7, 11) is 1.66. The molecule has 0 atom stereocenters. The van der Waals surface area contributed by atoms with Crippen molar-refractivity contribution in [2.45, 2.75) is 6.54 Å². The number of rotatable bonds is 4. The van der Waals surface area contributed by atoms with E-state index in [2.05, 4.69) is 16.0 Å². The molecule has 106 valence electrons. The van der Waals surface area contributed by atoms with Gasteiger partial charge in [-0.25, -0.2) is 4.98 Å². The van der Waals surface area contributed by atoms with Crippen LogP contribution >= 0.6 is 0 Å². The number of nitrogens with one attached hydrogen (secondary N) is 1. The Morgan fingerprint density at radius 1 is 1.10 bits per heavy atom. The first-order valence-electron chi connectivity index (χ1n) is 6.79. The third kappa shape index (κ3) is 2.80. The summed E-state index contributed by atoms with van der Waals surface area (Å²) in [5.41, 5.74) is 9.86. The molecule has 4 nitrogen and oxygen atoms in total. The van der Waals surface area contributed by atoms with Gasteiger partial charge in [0.1, 0.15) is 11.6 Å². The molecule has 2 aromatic carbocycles. The second-order valence-corrected chi connectivity index (χ2v) is 4.78. The fourth-order valence-electron chi connectivity index (χ4n) is 2.23. The number of imidazole rings is 1. The van der Waals surface area contributed by atoms with E-state index in [4.69, 9.17) is 10.5 Å². The maximum Gasteiger partial charge on any atom is 0.137 e. The van der Waals surface area contributed by atoms with Gasteiger partial charge in [0.15, 0.2) is 0 Å². The van der Waals surface area contributed by atoms with Crippen LogP contribution in [-0.2, 0) is 6.54 Å². The Balaban J connectivity index is 1.91. The van der Waals surface area contributed by atoms with E-state index >= 15 is 0 Å². The average molecular weight is 279 g/mol. The SMILES string of the molecule is COc1ccc(-c2cnc(-c3cccc(CN)c3)[nH]2)cc1. The van der Waals surface area contributed by atoms with Crippen LogP contribution in [0.2, 0.25) is 0 Å². The Hall–Kier alpha value is -2.59. The lowest BCUT2D eigenvalue weighted by atomic mass is 10.1. The predicted octanol–water partition coefficient (Wildman–Crippen LogP) is 3.21. The van der Waals surface area contributed by atoms with Crippen LogP contribution in [0.5, 0.6) is 5.75 Å². The number of aromatic amines is 1. The van der Waals surface area contributed by atoms with Crippen molar-refractivity contribution in [3.8, 4) is 28.4 Å². The molecule has 1 aromatic heterocycles. The zero-order valence-corrected chi connectivity index (χ0v) is 11.8. The molecule has 1 heterocycles. The first-order chi connectivity index (χ1) is 10.3. The van der Waals surface area contributed by atoms with Crippen LogP contribution in [0.1, 0.15) is 5.56 Å². The van der Waals surface area contributed by atoms with Crippen molar-refractivity contribution in [2.24, 2.45) is 5.73 Å². The van der Waals surface area contributed by atoms with E-state index < -0.39 is 0 Å².